The van der Waals surface area contributed by atoms with Gasteiger partial charge in [-0.25, -0.2) is 9.78 Å². The molecular weight excluding hydrogens is 366 g/mol. The number of halogens is 1. The molecule has 0 bridgehead atoms. The number of carbonyl (C=O) groups is 1. The van der Waals surface area contributed by atoms with E-state index in [1.165, 1.54) is 0 Å². The molecule has 2 aromatic rings. The van der Waals surface area contributed by atoms with Crippen LogP contribution in [0.5, 0.6) is 0 Å². The van der Waals surface area contributed by atoms with E-state index >= 15 is 0 Å². The van der Waals surface area contributed by atoms with Gasteiger partial charge >= 0.3 is 6.09 Å². The van der Waals surface area contributed by atoms with Crippen LogP contribution >= 0.6 is 27.3 Å². The Kier molecular flexibility index (Phi) is 4.20. The minimum Gasteiger partial charge on any atom is -0.444 e. The molecule has 120 valence electrons. The first-order valence-electron chi connectivity index (χ1n) is 7.44. The number of fused-ring (bicyclic) bond motifs is 1. The van der Waals surface area contributed by atoms with Crippen LogP contribution in [0.3, 0.4) is 0 Å². The molecule has 1 aliphatic heterocycles. The summed E-state index contributed by atoms with van der Waals surface area (Å²) < 4.78 is 8.58. The minimum absolute atomic E-state index is 0.208. The fraction of sp³-hybridized carbons (Fsp3) is 0.600. The van der Waals surface area contributed by atoms with Crippen molar-refractivity contribution in [3.63, 3.8) is 0 Å². The summed E-state index contributed by atoms with van der Waals surface area (Å²) in [4.78, 5) is 19.6. The molecule has 0 radical (unpaired) electrons. The molecule has 0 N–H and O–H groups in total. The first-order valence-corrected chi connectivity index (χ1v) is 9.04. The Morgan fingerprint density at radius 1 is 1.36 bits per heavy atom. The largest absolute Gasteiger partial charge is 0.444 e. The van der Waals surface area contributed by atoms with Gasteiger partial charge in [-0.05, 0) is 49.5 Å². The quantitative estimate of drug-likeness (QED) is 0.735. The molecule has 3 rings (SSSR count). The summed E-state index contributed by atoms with van der Waals surface area (Å²) in [5.74, 6) is 0.421. The lowest BCUT2D eigenvalue weighted by molar-refractivity contribution is 0.0204. The smallest absolute Gasteiger partial charge is 0.410 e. The van der Waals surface area contributed by atoms with Crippen LogP contribution in [0, 0.1) is 0 Å². The number of likely N-dealkylation sites (tertiary alicyclic amines) is 1. The summed E-state index contributed by atoms with van der Waals surface area (Å²) in [7, 11) is 0. The second-order valence-electron chi connectivity index (χ2n) is 6.63. The number of amides is 1. The molecule has 3 heterocycles. The zero-order valence-electron chi connectivity index (χ0n) is 13.0. The van der Waals surface area contributed by atoms with Gasteiger partial charge in [0.1, 0.15) is 5.60 Å². The van der Waals surface area contributed by atoms with E-state index in [2.05, 4.69) is 26.5 Å². The van der Waals surface area contributed by atoms with Gasteiger partial charge in [0.25, 0.3) is 0 Å². The predicted octanol–water partition coefficient (Wildman–Crippen LogP) is 4.27. The first-order chi connectivity index (χ1) is 10.3. The highest BCUT2D eigenvalue weighted by molar-refractivity contribution is 9.11. The van der Waals surface area contributed by atoms with E-state index in [1.807, 2.05) is 27.0 Å². The molecule has 1 saturated heterocycles. The monoisotopic (exact) mass is 385 g/mol. The van der Waals surface area contributed by atoms with E-state index in [-0.39, 0.29) is 6.09 Å². The van der Waals surface area contributed by atoms with E-state index in [0.717, 1.165) is 40.4 Å². The van der Waals surface area contributed by atoms with Gasteiger partial charge in [0, 0.05) is 31.4 Å². The van der Waals surface area contributed by atoms with Crippen molar-refractivity contribution in [1.29, 1.82) is 0 Å². The third kappa shape index (κ3) is 3.46. The van der Waals surface area contributed by atoms with Crippen LogP contribution in [-0.4, -0.2) is 39.1 Å². The van der Waals surface area contributed by atoms with E-state index < -0.39 is 5.60 Å². The maximum absolute atomic E-state index is 12.1. The molecule has 0 aliphatic carbocycles. The standard InChI is InChI=1S/C15H20BrN3O2S/c1-15(2,3)21-14(20)18-6-4-10(5-7-18)11-8-19-9-12(16)22-13(19)17-11/h8-10H,4-7H2,1-3H3. The number of hydrogen-bond donors (Lipinski definition) is 0. The predicted molar refractivity (Wildman–Crippen MR) is 90.6 cm³/mol. The van der Waals surface area contributed by atoms with Gasteiger partial charge in [0.05, 0.1) is 9.48 Å². The zero-order chi connectivity index (χ0) is 15.9. The lowest BCUT2D eigenvalue weighted by Gasteiger charge is -2.32. The Morgan fingerprint density at radius 2 is 2.05 bits per heavy atom. The van der Waals surface area contributed by atoms with Crippen LogP contribution in [0.1, 0.15) is 45.2 Å². The normalized spacial score (nSPS) is 17.2. The van der Waals surface area contributed by atoms with E-state index in [4.69, 9.17) is 9.72 Å². The lowest BCUT2D eigenvalue weighted by Crippen LogP contribution is -2.41. The third-order valence-corrected chi connectivity index (χ3v) is 5.19. The van der Waals surface area contributed by atoms with E-state index in [1.54, 1.807) is 16.2 Å². The maximum atomic E-state index is 12.1. The number of imidazole rings is 1. The molecule has 0 spiro atoms. The molecule has 1 aliphatic rings. The molecular formula is C15H20BrN3O2S. The Morgan fingerprint density at radius 3 is 2.64 bits per heavy atom. The Balaban J connectivity index is 1.61. The van der Waals surface area contributed by atoms with Gasteiger partial charge in [-0.1, -0.05) is 11.3 Å². The maximum Gasteiger partial charge on any atom is 0.410 e. The average molecular weight is 386 g/mol. The third-order valence-electron chi connectivity index (χ3n) is 3.71. The number of hydrogen-bond acceptors (Lipinski definition) is 4. The second kappa shape index (κ2) is 5.85. The number of piperidine rings is 1. The number of carbonyl (C=O) groups excluding carboxylic acids is 1. The van der Waals surface area contributed by atoms with Crippen LogP contribution in [0.4, 0.5) is 4.79 Å². The van der Waals surface area contributed by atoms with Gasteiger partial charge < -0.3 is 9.64 Å². The van der Waals surface area contributed by atoms with Crippen molar-refractivity contribution in [1.82, 2.24) is 14.3 Å². The fourth-order valence-corrected chi connectivity index (χ4v) is 4.02. The average Bonchev–Trinajstić information content (AvgIpc) is 2.94. The molecule has 0 unspecified atom stereocenters. The van der Waals surface area contributed by atoms with Crippen LogP contribution < -0.4 is 0 Å². The summed E-state index contributed by atoms with van der Waals surface area (Å²) in [6.07, 6.45) is 5.80. The van der Waals surface area contributed by atoms with Crippen LogP contribution in [-0.2, 0) is 4.74 Å². The van der Waals surface area contributed by atoms with Crippen LogP contribution in [0.2, 0.25) is 0 Å². The minimum atomic E-state index is -0.435. The SMILES string of the molecule is CC(C)(C)OC(=O)N1CCC(c2cn3cc(Br)sc3n2)CC1. The van der Waals surface area contributed by atoms with Gasteiger partial charge in [-0.15, -0.1) is 0 Å². The van der Waals surface area contributed by atoms with Gasteiger partial charge in [0.15, 0.2) is 4.96 Å². The van der Waals surface area contributed by atoms with Crippen molar-refractivity contribution >= 4 is 38.3 Å². The Labute approximate surface area is 142 Å². The number of nitrogens with zero attached hydrogens (tertiary/aromatic N) is 3. The topological polar surface area (TPSA) is 46.8 Å². The summed E-state index contributed by atoms with van der Waals surface area (Å²) in [6, 6.07) is 0. The van der Waals surface area contributed by atoms with Crippen LogP contribution in [0.25, 0.3) is 4.96 Å². The lowest BCUT2D eigenvalue weighted by atomic mass is 9.94. The first kappa shape index (κ1) is 15.8. The number of thiazole rings is 1. The van der Waals surface area contributed by atoms with Crippen molar-refractivity contribution in [3.8, 4) is 0 Å². The van der Waals surface area contributed by atoms with Gasteiger partial charge in [-0.3, -0.25) is 4.40 Å². The molecule has 1 fully saturated rings. The van der Waals surface area contributed by atoms with Crippen molar-refractivity contribution in [2.24, 2.45) is 0 Å². The van der Waals surface area contributed by atoms with Crippen molar-refractivity contribution in [2.45, 2.75) is 45.1 Å². The zero-order valence-corrected chi connectivity index (χ0v) is 15.4. The van der Waals surface area contributed by atoms with E-state index in [9.17, 15) is 4.79 Å². The number of aromatic nitrogens is 2. The number of ether oxygens (including phenoxy) is 1. The molecule has 22 heavy (non-hydrogen) atoms. The summed E-state index contributed by atoms with van der Waals surface area (Å²) in [5.41, 5.74) is 0.692. The second-order valence-corrected chi connectivity index (χ2v) is 9.02. The summed E-state index contributed by atoms with van der Waals surface area (Å²) >= 11 is 5.10. The highest BCUT2D eigenvalue weighted by atomic mass is 79.9. The molecule has 1 amide bonds. The van der Waals surface area contributed by atoms with E-state index in [0.29, 0.717) is 5.92 Å². The number of rotatable bonds is 1. The summed E-state index contributed by atoms with van der Waals surface area (Å²) in [5, 5.41) is 0. The Bertz CT molecular complexity index is 649. The molecule has 5 nitrogen and oxygen atoms in total. The molecule has 7 heteroatoms. The molecule has 0 saturated carbocycles. The highest BCUT2D eigenvalue weighted by Crippen LogP contribution is 2.31. The van der Waals surface area contributed by atoms with Crippen LogP contribution in [0.15, 0.2) is 16.2 Å². The summed E-state index contributed by atoms with van der Waals surface area (Å²) in [6.45, 7) is 7.15. The molecule has 2 aromatic heterocycles. The van der Waals surface area contributed by atoms with Crippen molar-refractivity contribution in [2.75, 3.05) is 13.1 Å². The van der Waals surface area contributed by atoms with Gasteiger partial charge in [0.2, 0.25) is 0 Å². The Hall–Kier alpha value is -1.08. The fourth-order valence-electron chi connectivity index (χ4n) is 2.67. The van der Waals surface area contributed by atoms with Crippen molar-refractivity contribution in [3.05, 3.63) is 21.9 Å². The molecule has 0 atom stereocenters. The molecule has 0 aromatic carbocycles. The van der Waals surface area contributed by atoms with Gasteiger partial charge in [-0.2, -0.15) is 0 Å². The highest BCUT2D eigenvalue weighted by Gasteiger charge is 2.28. The van der Waals surface area contributed by atoms with Crippen molar-refractivity contribution < 1.29 is 9.53 Å².